The minimum Gasteiger partial charge on any atom is -0.493 e. The maximum absolute atomic E-state index is 14.1. The zero-order valence-electron chi connectivity index (χ0n) is 36.3. The molecule has 0 bridgehead atoms. The lowest BCUT2D eigenvalue weighted by molar-refractivity contribution is -0.134. The molecular weight excluding hydrogens is 628 g/mol. The average Bonchev–Trinajstić information content (AvgIpc) is 3.16. The minimum absolute atomic E-state index is 0.0174. The van der Waals surface area contributed by atoms with Crippen LogP contribution in [0.1, 0.15) is 65.7 Å². The molecule has 3 aromatic rings. The highest BCUT2D eigenvalue weighted by Gasteiger charge is 2.36. The lowest BCUT2D eigenvalue weighted by atomic mass is 10.1. The fraction of sp³-hybridized carbons (Fsp3) is 0.353. The SMILES string of the molecule is [2H]C([2H])([2H])C([2H])([2H])N(C(=O)C[C@H]1C(=O)Nc2cc(NC(=O)c3cc(OC)c(OC)c(OC)c3Cl)c(Oc3cc(C)cc(C)c3)cc2C(=O)N1C)C([2H])([2H])C([2H])([2H])[2H]. The number of likely N-dealkylation sites (N-methyl/N-ethyl adjacent to an activating group) is 1. The van der Waals surface area contributed by atoms with Crippen molar-refractivity contribution in [2.24, 2.45) is 0 Å². The largest absolute Gasteiger partial charge is 0.493 e. The van der Waals surface area contributed by atoms with Crippen LogP contribution in [0, 0.1) is 13.8 Å². The van der Waals surface area contributed by atoms with Crippen molar-refractivity contribution >= 4 is 46.6 Å². The first-order valence-electron chi connectivity index (χ1n) is 18.9. The number of nitrogens with zero attached hydrogens (tertiary/aromatic N) is 2. The third-order valence-electron chi connectivity index (χ3n) is 7.22. The lowest BCUT2D eigenvalue weighted by Gasteiger charge is -2.27. The Balaban J connectivity index is 1.83. The Morgan fingerprint density at radius 1 is 0.979 bits per heavy atom. The topological polar surface area (TPSA) is 136 Å². The predicted octanol–water partition coefficient (Wildman–Crippen LogP) is 5.68. The van der Waals surface area contributed by atoms with Crippen molar-refractivity contribution in [2.75, 3.05) is 52.0 Å². The number of aryl methyl sites for hydroxylation is 2. The van der Waals surface area contributed by atoms with Crippen LogP contribution in [0.15, 0.2) is 36.4 Å². The second-order valence-corrected chi connectivity index (χ2v) is 10.7. The van der Waals surface area contributed by atoms with Crippen molar-refractivity contribution in [3.05, 3.63) is 63.7 Å². The van der Waals surface area contributed by atoms with Crippen molar-refractivity contribution in [1.29, 1.82) is 0 Å². The van der Waals surface area contributed by atoms with Gasteiger partial charge in [0.2, 0.25) is 17.6 Å². The summed E-state index contributed by atoms with van der Waals surface area (Å²) in [6.07, 6.45) is -1.25. The zero-order chi connectivity index (χ0) is 43.2. The summed E-state index contributed by atoms with van der Waals surface area (Å²) in [6, 6.07) is 7.07. The summed E-state index contributed by atoms with van der Waals surface area (Å²) in [5.41, 5.74) is 0.941. The van der Waals surface area contributed by atoms with Crippen LogP contribution in [0.25, 0.3) is 0 Å². The van der Waals surface area contributed by atoms with Crippen LogP contribution in [0.5, 0.6) is 28.7 Å². The third-order valence-corrected chi connectivity index (χ3v) is 7.60. The number of carbonyl (C=O) groups is 4. The van der Waals surface area contributed by atoms with Gasteiger partial charge < -0.3 is 39.4 Å². The predicted molar refractivity (Wildman–Crippen MR) is 179 cm³/mol. The zero-order valence-corrected chi connectivity index (χ0v) is 27.0. The first kappa shape index (κ1) is 23.4. The Kier molecular flexibility index (Phi) is 7.27. The van der Waals surface area contributed by atoms with E-state index >= 15 is 0 Å². The molecule has 3 aromatic carbocycles. The second kappa shape index (κ2) is 14.6. The molecule has 12 nitrogen and oxygen atoms in total. The summed E-state index contributed by atoms with van der Waals surface area (Å²) in [5, 5.41) is 4.98. The highest BCUT2D eigenvalue weighted by molar-refractivity contribution is 6.36. The number of fused-ring (bicyclic) bond motifs is 1. The Morgan fingerprint density at radius 3 is 2.23 bits per heavy atom. The van der Waals surface area contributed by atoms with E-state index in [0.29, 0.717) is 5.75 Å². The molecule has 4 amide bonds. The van der Waals surface area contributed by atoms with E-state index in [4.69, 9.17) is 44.3 Å². The van der Waals surface area contributed by atoms with Gasteiger partial charge in [-0.15, -0.1) is 0 Å². The van der Waals surface area contributed by atoms with Gasteiger partial charge >= 0.3 is 0 Å². The normalized spacial score (nSPS) is 18.4. The van der Waals surface area contributed by atoms with E-state index in [-0.39, 0.29) is 50.5 Å². The van der Waals surface area contributed by atoms with Crippen LogP contribution >= 0.6 is 11.6 Å². The summed E-state index contributed by atoms with van der Waals surface area (Å²) in [5.74, 6) is -4.22. The van der Waals surface area contributed by atoms with Gasteiger partial charge in [0.15, 0.2) is 17.2 Å². The van der Waals surface area contributed by atoms with Gasteiger partial charge in [0.05, 0.1) is 55.3 Å². The van der Waals surface area contributed by atoms with Gasteiger partial charge in [0.1, 0.15) is 11.8 Å². The number of methoxy groups -OCH3 is 3. The third kappa shape index (κ3) is 7.22. The summed E-state index contributed by atoms with van der Waals surface area (Å²) in [7, 11) is 5.08. The fourth-order valence-corrected chi connectivity index (χ4v) is 5.30. The highest BCUT2D eigenvalue weighted by atomic mass is 35.5. The molecule has 47 heavy (non-hydrogen) atoms. The number of benzene rings is 3. The van der Waals surface area contributed by atoms with Gasteiger partial charge in [0.25, 0.3) is 11.8 Å². The molecule has 1 heterocycles. The number of halogens is 1. The van der Waals surface area contributed by atoms with E-state index in [1.54, 1.807) is 12.1 Å². The molecule has 13 heteroatoms. The number of anilines is 2. The van der Waals surface area contributed by atoms with Crippen molar-refractivity contribution in [3.8, 4) is 28.7 Å². The molecule has 2 N–H and O–H groups in total. The Labute approximate surface area is 292 Å². The van der Waals surface area contributed by atoms with Gasteiger partial charge in [-0.3, -0.25) is 19.2 Å². The van der Waals surface area contributed by atoms with Crippen molar-refractivity contribution < 1.29 is 51.8 Å². The average molecular weight is 677 g/mol. The summed E-state index contributed by atoms with van der Waals surface area (Å²) < 4.78 is 100. The molecule has 1 aliphatic rings. The quantitative estimate of drug-likeness (QED) is 0.265. The molecule has 0 fully saturated rings. The van der Waals surface area contributed by atoms with Crippen LogP contribution in [0.3, 0.4) is 0 Å². The number of carbonyl (C=O) groups excluding carboxylic acids is 4. The molecule has 1 atom stereocenters. The van der Waals surface area contributed by atoms with Crippen molar-refractivity contribution in [3.63, 3.8) is 0 Å². The molecule has 1 aliphatic heterocycles. The number of hydrogen-bond acceptors (Lipinski definition) is 8. The van der Waals surface area contributed by atoms with Crippen LogP contribution in [-0.4, -0.2) is 80.8 Å². The molecule has 0 aliphatic carbocycles. The molecule has 0 radical (unpaired) electrons. The minimum atomic E-state index is -3.89. The summed E-state index contributed by atoms with van der Waals surface area (Å²) in [6.45, 7) is -11.6. The Morgan fingerprint density at radius 2 is 1.64 bits per heavy atom. The second-order valence-electron chi connectivity index (χ2n) is 10.4. The van der Waals surface area contributed by atoms with E-state index < -0.39 is 67.7 Å². The van der Waals surface area contributed by atoms with Gasteiger partial charge in [0, 0.05) is 33.7 Å². The first-order chi connectivity index (χ1) is 26.2. The number of nitrogens with one attached hydrogen (secondary N) is 2. The van der Waals surface area contributed by atoms with E-state index in [2.05, 4.69) is 10.6 Å². The molecule has 0 saturated heterocycles. The molecule has 4 rings (SSSR count). The van der Waals surface area contributed by atoms with Crippen LogP contribution in [-0.2, 0) is 9.59 Å². The van der Waals surface area contributed by atoms with E-state index in [1.807, 2.05) is 19.9 Å². The standard InChI is InChI=1S/C34H39ClN4O8/c1-9-39(10-2)28(40)17-25-33(42)36-23-16-24(37-32(41)22-15-27(44-6)30(45-7)31(46-8)29(22)35)26(14-21(23)34(43)38(25)5)47-20-12-18(3)11-19(4)13-20/h11-16,25H,9-10,17H2,1-8H3,(H,36,42)(H,37,41)/t25-/m0/s1/i1D3,2D3,9D2,10D2. The number of ether oxygens (including phenoxy) is 4. The van der Waals surface area contributed by atoms with Gasteiger partial charge in [-0.1, -0.05) is 17.7 Å². The Hall–Kier alpha value is -4.97. The van der Waals surface area contributed by atoms with Crippen molar-refractivity contribution in [1.82, 2.24) is 9.80 Å². The highest BCUT2D eigenvalue weighted by Crippen LogP contribution is 2.45. The van der Waals surface area contributed by atoms with E-state index in [0.717, 1.165) is 23.1 Å². The van der Waals surface area contributed by atoms with Crippen molar-refractivity contribution in [2.45, 2.75) is 40.0 Å². The summed E-state index contributed by atoms with van der Waals surface area (Å²) in [4.78, 5) is 55.6. The maximum atomic E-state index is 14.1. The molecule has 0 aromatic heterocycles. The van der Waals surface area contributed by atoms with Gasteiger partial charge in [-0.05, 0) is 69.0 Å². The van der Waals surface area contributed by atoms with Crippen LogP contribution < -0.4 is 29.6 Å². The maximum Gasteiger partial charge on any atom is 0.257 e. The van der Waals surface area contributed by atoms with Gasteiger partial charge in [-0.25, -0.2) is 0 Å². The van der Waals surface area contributed by atoms with E-state index in [1.165, 1.54) is 39.5 Å². The number of amides is 4. The van der Waals surface area contributed by atoms with Crippen LogP contribution in [0.2, 0.25) is 5.02 Å². The first-order valence-corrected chi connectivity index (χ1v) is 14.2. The van der Waals surface area contributed by atoms with Gasteiger partial charge in [-0.2, -0.15) is 0 Å². The molecular formula is C34H39ClN4O8. The monoisotopic (exact) mass is 676 g/mol. The summed E-state index contributed by atoms with van der Waals surface area (Å²) >= 11 is 6.56. The Bertz CT molecular complexity index is 2070. The molecule has 250 valence electrons. The number of hydrogen-bond donors (Lipinski definition) is 2. The molecule has 0 spiro atoms. The number of rotatable bonds is 11. The lowest BCUT2D eigenvalue weighted by Crippen LogP contribution is -2.46. The van der Waals surface area contributed by atoms with Crippen LogP contribution in [0.4, 0.5) is 11.4 Å². The molecule has 0 unspecified atom stereocenters. The fourth-order valence-electron chi connectivity index (χ4n) is 5.00. The van der Waals surface area contributed by atoms with E-state index in [9.17, 15) is 19.2 Å². The smallest absolute Gasteiger partial charge is 0.257 e. The molecule has 0 saturated carbocycles.